The van der Waals surface area contributed by atoms with Gasteiger partial charge in [0, 0.05) is 50.6 Å². The Morgan fingerprint density at radius 1 is 1.12 bits per heavy atom. The van der Waals surface area contributed by atoms with E-state index in [2.05, 4.69) is 9.88 Å². The SMILES string of the molecule is Cc1c[nH]c(=O)n(CCCN2CCN(c3ccc(O)cc3OCC(F)(F)F)CC2)c1=O.Cl. The first kappa shape index (κ1) is 25.6. The first-order valence-corrected chi connectivity index (χ1v) is 9.93. The van der Waals surface area contributed by atoms with Gasteiger partial charge in [-0.15, -0.1) is 12.4 Å². The molecule has 8 nitrogen and oxygen atoms in total. The van der Waals surface area contributed by atoms with E-state index in [-0.39, 0.29) is 29.5 Å². The molecule has 2 N–H and O–H groups in total. The molecule has 0 atom stereocenters. The van der Waals surface area contributed by atoms with E-state index in [1.165, 1.54) is 22.9 Å². The number of piperazine rings is 1. The minimum atomic E-state index is -4.47. The molecule has 0 spiro atoms. The van der Waals surface area contributed by atoms with Crippen molar-refractivity contribution in [1.82, 2.24) is 14.5 Å². The maximum atomic E-state index is 12.5. The fourth-order valence-corrected chi connectivity index (χ4v) is 3.52. The van der Waals surface area contributed by atoms with Gasteiger partial charge in [0.15, 0.2) is 6.61 Å². The fourth-order valence-electron chi connectivity index (χ4n) is 3.52. The number of phenolic OH excluding ortho intramolecular Hbond substituents is 1. The maximum Gasteiger partial charge on any atom is 0.422 e. The molecule has 178 valence electrons. The Bertz CT molecular complexity index is 1020. The molecular formula is C20H26ClF3N4O4. The van der Waals surface area contributed by atoms with Crippen LogP contribution in [0.5, 0.6) is 11.5 Å². The summed E-state index contributed by atoms with van der Waals surface area (Å²) in [5.41, 5.74) is 0.247. The maximum absolute atomic E-state index is 12.5. The summed E-state index contributed by atoms with van der Waals surface area (Å²) in [6, 6.07) is 4.15. The fraction of sp³-hybridized carbons (Fsp3) is 0.500. The number of benzene rings is 1. The summed E-state index contributed by atoms with van der Waals surface area (Å²) in [7, 11) is 0. The summed E-state index contributed by atoms with van der Waals surface area (Å²) < 4.78 is 43.7. The van der Waals surface area contributed by atoms with E-state index in [4.69, 9.17) is 4.74 Å². The summed E-state index contributed by atoms with van der Waals surface area (Å²) in [6.45, 7) is 3.67. The first-order valence-electron chi connectivity index (χ1n) is 9.93. The zero-order valence-corrected chi connectivity index (χ0v) is 18.3. The third kappa shape index (κ3) is 6.67. The van der Waals surface area contributed by atoms with Gasteiger partial charge >= 0.3 is 11.9 Å². The van der Waals surface area contributed by atoms with Gasteiger partial charge in [0.2, 0.25) is 0 Å². The Morgan fingerprint density at radius 3 is 2.47 bits per heavy atom. The zero-order valence-electron chi connectivity index (χ0n) is 17.5. The topological polar surface area (TPSA) is 90.8 Å². The number of aromatic nitrogens is 2. The van der Waals surface area contributed by atoms with E-state index in [0.717, 1.165) is 0 Å². The largest absolute Gasteiger partial charge is 0.508 e. The van der Waals surface area contributed by atoms with Crippen molar-refractivity contribution >= 4 is 18.1 Å². The second-order valence-corrected chi connectivity index (χ2v) is 7.47. The number of aryl methyl sites for hydroxylation is 1. The van der Waals surface area contributed by atoms with Gasteiger partial charge in [0.1, 0.15) is 11.5 Å². The molecule has 3 rings (SSSR count). The predicted molar refractivity (Wildman–Crippen MR) is 116 cm³/mol. The van der Waals surface area contributed by atoms with Gasteiger partial charge in [-0.3, -0.25) is 14.3 Å². The molecule has 1 saturated heterocycles. The van der Waals surface area contributed by atoms with E-state index in [1.807, 2.05) is 4.90 Å². The molecule has 0 unspecified atom stereocenters. The second-order valence-electron chi connectivity index (χ2n) is 7.47. The highest BCUT2D eigenvalue weighted by Gasteiger charge is 2.29. The number of H-pyrrole nitrogens is 1. The van der Waals surface area contributed by atoms with E-state index >= 15 is 0 Å². The van der Waals surface area contributed by atoms with Crippen LogP contribution < -0.4 is 20.9 Å². The number of aromatic amines is 1. The molecule has 0 bridgehead atoms. The minimum absolute atomic E-state index is 0. The van der Waals surface area contributed by atoms with Crippen LogP contribution in [-0.4, -0.2) is 65.1 Å². The molecule has 0 radical (unpaired) electrons. The van der Waals surface area contributed by atoms with Gasteiger partial charge in [0.25, 0.3) is 5.56 Å². The molecule has 1 aliphatic heterocycles. The summed E-state index contributed by atoms with van der Waals surface area (Å²) in [6.07, 6.45) is -2.45. The standard InChI is InChI=1S/C20H25F3N4O4.ClH/c1-14-12-24-19(30)27(18(14)29)6-2-5-25-7-9-26(10-8-25)16-4-3-15(28)11-17(16)31-13-20(21,22)23;/h3-4,11-12,28H,2,5-10,13H2,1H3,(H,24,30);1H. The van der Waals surface area contributed by atoms with E-state index < -0.39 is 18.5 Å². The summed E-state index contributed by atoms with van der Waals surface area (Å²) in [5.74, 6) is -0.176. The van der Waals surface area contributed by atoms with Gasteiger partial charge in [-0.25, -0.2) is 4.79 Å². The summed E-state index contributed by atoms with van der Waals surface area (Å²) in [4.78, 5) is 30.5. The van der Waals surface area contributed by atoms with Crippen LogP contribution in [0, 0.1) is 6.92 Å². The lowest BCUT2D eigenvalue weighted by Crippen LogP contribution is -2.47. The minimum Gasteiger partial charge on any atom is -0.508 e. The second kappa shape index (κ2) is 10.8. The molecule has 1 fully saturated rings. The molecule has 12 heteroatoms. The molecule has 0 amide bonds. The van der Waals surface area contributed by atoms with Crippen molar-refractivity contribution in [2.24, 2.45) is 0 Å². The average Bonchev–Trinajstić information content (AvgIpc) is 2.72. The van der Waals surface area contributed by atoms with Crippen LogP contribution in [0.2, 0.25) is 0 Å². The molecular weight excluding hydrogens is 453 g/mol. The molecule has 1 aliphatic rings. The van der Waals surface area contributed by atoms with Gasteiger partial charge in [-0.2, -0.15) is 13.2 Å². The summed E-state index contributed by atoms with van der Waals surface area (Å²) >= 11 is 0. The van der Waals surface area contributed by atoms with Crippen molar-refractivity contribution in [2.45, 2.75) is 26.1 Å². The van der Waals surface area contributed by atoms with Crippen LogP contribution in [0.1, 0.15) is 12.0 Å². The van der Waals surface area contributed by atoms with Crippen molar-refractivity contribution in [3.63, 3.8) is 0 Å². The average molecular weight is 479 g/mol. The number of nitrogens with one attached hydrogen (secondary N) is 1. The molecule has 2 aromatic rings. The molecule has 2 heterocycles. The number of alkyl halides is 3. The van der Waals surface area contributed by atoms with Crippen LogP contribution in [0.4, 0.5) is 18.9 Å². The lowest BCUT2D eigenvalue weighted by molar-refractivity contribution is -0.153. The number of phenols is 1. The predicted octanol–water partition coefficient (Wildman–Crippen LogP) is 2.13. The van der Waals surface area contributed by atoms with E-state index in [0.29, 0.717) is 56.9 Å². The molecule has 0 aliphatic carbocycles. The lowest BCUT2D eigenvalue weighted by atomic mass is 10.2. The van der Waals surface area contributed by atoms with Crippen LogP contribution in [-0.2, 0) is 6.54 Å². The van der Waals surface area contributed by atoms with E-state index in [9.17, 15) is 27.9 Å². The number of hydrogen-bond acceptors (Lipinski definition) is 6. The van der Waals surface area contributed by atoms with Crippen molar-refractivity contribution in [3.05, 3.63) is 50.8 Å². The Balaban J connectivity index is 0.00000363. The van der Waals surface area contributed by atoms with Crippen LogP contribution in [0.25, 0.3) is 0 Å². The van der Waals surface area contributed by atoms with Crippen molar-refractivity contribution < 1.29 is 23.0 Å². The molecule has 32 heavy (non-hydrogen) atoms. The van der Waals surface area contributed by atoms with Gasteiger partial charge in [0.05, 0.1) is 5.69 Å². The molecule has 0 saturated carbocycles. The third-order valence-electron chi connectivity index (χ3n) is 5.14. The number of nitrogens with zero attached hydrogens (tertiary/aromatic N) is 3. The normalized spacial score (nSPS) is 14.8. The van der Waals surface area contributed by atoms with Gasteiger partial charge < -0.3 is 19.7 Å². The highest BCUT2D eigenvalue weighted by atomic mass is 35.5. The number of rotatable bonds is 7. The first-order chi connectivity index (χ1) is 14.6. The smallest absolute Gasteiger partial charge is 0.422 e. The number of ether oxygens (including phenoxy) is 1. The Labute approximate surface area is 188 Å². The Hall–Kier alpha value is -2.66. The lowest BCUT2D eigenvalue weighted by Gasteiger charge is -2.36. The third-order valence-corrected chi connectivity index (χ3v) is 5.14. The van der Waals surface area contributed by atoms with Crippen LogP contribution in [0.3, 0.4) is 0 Å². The Kier molecular flexibility index (Phi) is 8.62. The number of hydrogen-bond donors (Lipinski definition) is 2. The van der Waals surface area contributed by atoms with E-state index in [1.54, 1.807) is 13.0 Å². The van der Waals surface area contributed by atoms with Gasteiger partial charge in [-0.05, 0) is 32.0 Å². The number of aromatic hydroxyl groups is 1. The van der Waals surface area contributed by atoms with Crippen LogP contribution >= 0.6 is 12.4 Å². The van der Waals surface area contributed by atoms with Gasteiger partial charge in [-0.1, -0.05) is 0 Å². The molecule has 1 aromatic heterocycles. The number of anilines is 1. The highest BCUT2D eigenvalue weighted by Crippen LogP contribution is 2.33. The molecule has 1 aromatic carbocycles. The summed E-state index contributed by atoms with van der Waals surface area (Å²) in [5, 5.41) is 9.62. The van der Waals surface area contributed by atoms with Crippen LogP contribution in [0.15, 0.2) is 34.0 Å². The van der Waals surface area contributed by atoms with Crippen molar-refractivity contribution in [3.8, 4) is 11.5 Å². The van der Waals surface area contributed by atoms with Crippen molar-refractivity contribution in [1.29, 1.82) is 0 Å². The zero-order chi connectivity index (χ0) is 22.6. The Morgan fingerprint density at radius 2 is 1.81 bits per heavy atom. The number of halogens is 4. The monoisotopic (exact) mass is 478 g/mol. The highest BCUT2D eigenvalue weighted by molar-refractivity contribution is 5.85. The van der Waals surface area contributed by atoms with Crippen molar-refractivity contribution in [2.75, 3.05) is 44.2 Å². The quantitative estimate of drug-likeness (QED) is 0.633.